The first-order chi connectivity index (χ1) is 19.9. The van der Waals surface area contributed by atoms with Crippen molar-refractivity contribution in [1.29, 1.82) is 0 Å². The van der Waals surface area contributed by atoms with Gasteiger partial charge in [0, 0.05) is 17.1 Å². The van der Waals surface area contributed by atoms with Crippen molar-refractivity contribution in [2.75, 3.05) is 20.8 Å². The predicted molar refractivity (Wildman–Crippen MR) is 170 cm³/mol. The van der Waals surface area contributed by atoms with Gasteiger partial charge < -0.3 is 29.3 Å². The van der Waals surface area contributed by atoms with Crippen molar-refractivity contribution in [3.8, 4) is 28.4 Å². The summed E-state index contributed by atoms with van der Waals surface area (Å²) < 4.78 is 17.7. The molecule has 1 amide bonds. The minimum Gasteiger partial charge on any atom is -0.507 e. The van der Waals surface area contributed by atoms with Gasteiger partial charge in [-0.15, -0.1) is 0 Å². The fraction of sp³-hybridized carbons (Fsp3) is 0.382. The zero-order chi connectivity index (χ0) is 30.2. The average molecular weight is 587 g/mol. The number of fused-ring (bicyclic) bond motifs is 4. The molecular formula is C34H42N2O5Si. The first-order valence-corrected chi connectivity index (χ1v) is 17.4. The summed E-state index contributed by atoms with van der Waals surface area (Å²) in [7, 11) is 1.17. The summed E-state index contributed by atoms with van der Waals surface area (Å²) in [4.78, 5) is 17.2. The van der Waals surface area contributed by atoms with Crippen LogP contribution in [-0.2, 0) is 23.7 Å². The standard InChI is InChI=1S/C34H42N2O5Si/c1-34(2,3)42(6,7)41-20-24(14-23-19-35-29-11-9-8-10-25(23)29)36-33(38)28-17-26-21(15-30(28)37)12-13-22-16-31(39-4)32(40-5)18-27(22)26/h8-11,15-19,24,35,37H,12-14,20H2,1-7H3,(H,36,38)/t24-/m1/s1. The number of aromatic hydroxyl groups is 1. The molecule has 7 nitrogen and oxygen atoms in total. The normalized spacial score (nSPS) is 13.8. The molecule has 1 aromatic heterocycles. The van der Waals surface area contributed by atoms with Crippen molar-refractivity contribution < 1.29 is 23.8 Å². The summed E-state index contributed by atoms with van der Waals surface area (Å²) in [6.07, 6.45) is 4.17. The molecule has 3 aromatic carbocycles. The highest BCUT2D eigenvalue weighted by molar-refractivity contribution is 6.74. The Hall–Kier alpha value is -3.75. The molecule has 0 fully saturated rings. The van der Waals surface area contributed by atoms with Crippen LogP contribution in [0.25, 0.3) is 22.0 Å². The van der Waals surface area contributed by atoms with E-state index in [2.05, 4.69) is 50.2 Å². The number of methoxy groups -OCH3 is 2. The van der Waals surface area contributed by atoms with Crippen LogP contribution in [0.2, 0.25) is 18.1 Å². The minimum absolute atomic E-state index is 0.0219. The van der Waals surface area contributed by atoms with E-state index in [1.807, 2.05) is 36.5 Å². The van der Waals surface area contributed by atoms with E-state index in [-0.39, 0.29) is 28.3 Å². The largest absolute Gasteiger partial charge is 0.507 e. The molecule has 4 aromatic rings. The summed E-state index contributed by atoms with van der Waals surface area (Å²) in [5.41, 5.74) is 6.44. The van der Waals surface area contributed by atoms with Crippen LogP contribution in [-0.4, -0.2) is 51.2 Å². The molecule has 0 spiro atoms. The molecule has 0 aliphatic heterocycles. The number of amides is 1. The van der Waals surface area contributed by atoms with Gasteiger partial charge in [0.15, 0.2) is 19.8 Å². The van der Waals surface area contributed by atoms with Crippen LogP contribution < -0.4 is 14.8 Å². The van der Waals surface area contributed by atoms with E-state index in [9.17, 15) is 9.90 Å². The Kier molecular flexibility index (Phi) is 8.14. The van der Waals surface area contributed by atoms with Crippen molar-refractivity contribution in [1.82, 2.24) is 10.3 Å². The number of phenolic OH excluding ortho intramolecular Hbond substituents is 1. The maximum Gasteiger partial charge on any atom is 0.255 e. The molecule has 1 aliphatic carbocycles. The highest BCUT2D eigenvalue weighted by Crippen LogP contribution is 2.42. The predicted octanol–water partition coefficient (Wildman–Crippen LogP) is 7.02. The van der Waals surface area contributed by atoms with Gasteiger partial charge in [0.1, 0.15) is 5.75 Å². The quantitative estimate of drug-likeness (QED) is 0.183. The topological polar surface area (TPSA) is 92.8 Å². The number of carbonyl (C=O) groups is 1. The molecule has 8 heteroatoms. The maximum atomic E-state index is 13.8. The molecule has 1 aliphatic rings. The second kappa shape index (κ2) is 11.5. The number of hydrogen-bond donors (Lipinski definition) is 3. The van der Waals surface area contributed by atoms with Gasteiger partial charge in [-0.1, -0.05) is 39.0 Å². The van der Waals surface area contributed by atoms with E-state index in [4.69, 9.17) is 13.9 Å². The number of aromatic nitrogens is 1. The second-order valence-corrected chi connectivity index (χ2v) is 17.5. The number of hydrogen-bond acceptors (Lipinski definition) is 5. The Morgan fingerprint density at radius 3 is 2.33 bits per heavy atom. The number of rotatable bonds is 9. The van der Waals surface area contributed by atoms with Gasteiger partial charge in [-0.05, 0) is 95.5 Å². The fourth-order valence-electron chi connectivity index (χ4n) is 5.43. The monoisotopic (exact) mass is 586 g/mol. The van der Waals surface area contributed by atoms with Crippen LogP contribution in [0, 0.1) is 0 Å². The Bertz CT molecular complexity index is 1620. The third-order valence-corrected chi connectivity index (χ3v) is 13.5. The van der Waals surface area contributed by atoms with Gasteiger partial charge >= 0.3 is 0 Å². The molecular weight excluding hydrogens is 544 g/mol. The van der Waals surface area contributed by atoms with E-state index in [0.717, 1.165) is 51.6 Å². The minimum atomic E-state index is -2.07. The second-order valence-electron chi connectivity index (χ2n) is 12.7. The van der Waals surface area contributed by atoms with Crippen LogP contribution in [0.1, 0.15) is 47.8 Å². The van der Waals surface area contributed by atoms with Gasteiger partial charge in [-0.3, -0.25) is 4.79 Å². The van der Waals surface area contributed by atoms with E-state index in [0.29, 0.717) is 24.5 Å². The number of carbonyl (C=O) groups excluding carboxylic acids is 1. The van der Waals surface area contributed by atoms with E-state index >= 15 is 0 Å². The first kappa shape index (κ1) is 29.7. The molecule has 1 atom stereocenters. The Morgan fingerprint density at radius 1 is 1.00 bits per heavy atom. The Labute approximate surface area is 249 Å². The molecule has 3 N–H and O–H groups in total. The van der Waals surface area contributed by atoms with Gasteiger partial charge in [0.2, 0.25) is 0 Å². The zero-order valence-electron chi connectivity index (χ0n) is 25.7. The number of phenols is 1. The summed E-state index contributed by atoms with van der Waals surface area (Å²) in [6, 6.07) is 15.4. The number of benzene rings is 3. The lowest BCUT2D eigenvalue weighted by Gasteiger charge is -2.37. The lowest BCUT2D eigenvalue weighted by atomic mass is 9.84. The van der Waals surface area contributed by atoms with Crippen LogP contribution >= 0.6 is 0 Å². The molecule has 222 valence electrons. The lowest BCUT2D eigenvalue weighted by molar-refractivity contribution is 0.0916. The summed E-state index contributed by atoms with van der Waals surface area (Å²) >= 11 is 0. The molecule has 42 heavy (non-hydrogen) atoms. The molecule has 0 saturated carbocycles. The molecule has 0 saturated heterocycles. The smallest absolute Gasteiger partial charge is 0.255 e. The lowest BCUT2D eigenvalue weighted by Crippen LogP contribution is -2.47. The highest BCUT2D eigenvalue weighted by atomic mass is 28.4. The first-order valence-electron chi connectivity index (χ1n) is 14.5. The van der Waals surface area contributed by atoms with Gasteiger partial charge in [0.05, 0.1) is 32.4 Å². The summed E-state index contributed by atoms with van der Waals surface area (Å²) in [6.45, 7) is 11.4. The number of H-pyrrole nitrogens is 1. The third-order valence-electron chi connectivity index (χ3n) is 8.96. The number of aromatic amines is 1. The van der Waals surface area contributed by atoms with Gasteiger partial charge in [-0.25, -0.2) is 0 Å². The van der Waals surface area contributed by atoms with Crippen LogP contribution in [0.15, 0.2) is 54.7 Å². The molecule has 0 bridgehead atoms. The van der Waals surface area contributed by atoms with Crippen molar-refractivity contribution in [2.24, 2.45) is 0 Å². The number of ether oxygens (including phenoxy) is 2. The number of aryl methyl sites for hydroxylation is 2. The summed E-state index contributed by atoms with van der Waals surface area (Å²) in [5.74, 6) is 0.959. The van der Waals surface area contributed by atoms with Crippen LogP contribution in [0.3, 0.4) is 0 Å². The van der Waals surface area contributed by atoms with Crippen LogP contribution in [0.4, 0.5) is 0 Å². The number of para-hydroxylation sites is 1. The molecule has 0 unspecified atom stereocenters. The van der Waals surface area contributed by atoms with Crippen molar-refractivity contribution in [3.05, 3.63) is 77.0 Å². The summed E-state index contributed by atoms with van der Waals surface area (Å²) in [5, 5.41) is 15.4. The van der Waals surface area contributed by atoms with E-state index in [1.165, 1.54) is 0 Å². The van der Waals surface area contributed by atoms with E-state index < -0.39 is 8.32 Å². The highest BCUT2D eigenvalue weighted by Gasteiger charge is 2.38. The van der Waals surface area contributed by atoms with Gasteiger partial charge in [-0.2, -0.15) is 0 Å². The van der Waals surface area contributed by atoms with Crippen molar-refractivity contribution in [3.63, 3.8) is 0 Å². The zero-order valence-corrected chi connectivity index (χ0v) is 26.7. The fourth-order valence-corrected chi connectivity index (χ4v) is 6.48. The average Bonchev–Trinajstić information content (AvgIpc) is 3.36. The molecule has 1 heterocycles. The van der Waals surface area contributed by atoms with E-state index in [1.54, 1.807) is 26.4 Å². The maximum absolute atomic E-state index is 13.8. The Morgan fingerprint density at radius 2 is 1.64 bits per heavy atom. The van der Waals surface area contributed by atoms with Crippen LogP contribution in [0.5, 0.6) is 17.2 Å². The van der Waals surface area contributed by atoms with Crippen molar-refractivity contribution >= 4 is 25.1 Å². The van der Waals surface area contributed by atoms with Gasteiger partial charge in [0.25, 0.3) is 5.91 Å². The third kappa shape index (κ3) is 5.78. The molecule has 5 rings (SSSR count). The van der Waals surface area contributed by atoms with Crippen molar-refractivity contribution in [2.45, 2.75) is 64.2 Å². The SMILES string of the molecule is COc1cc2c(cc1OC)-c1cc(C(=O)N[C@@H](CO[Si](C)(C)C(C)(C)C)Cc3c[nH]c4ccccc34)c(O)cc1CC2. The Balaban J connectivity index is 1.46. The number of nitrogens with one attached hydrogen (secondary N) is 2. The molecule has 0 radical (unpaired) electrons.